The molecule has 21 heavy (non-hydrogen) atoms. The van der Waals surface area contributed by atoms with Gasteiger partial charge in [0.25, 0.3) is 0 Å². The van der Waals surface area contributed by atoms with Crippen molar-refractivity contribution < 1.29 is 13.2 Å². The van der Waals surface area contributed by atoms with Gasteiger partial charge in [0.15, 0.2) is 9.84 Å². The van der Waals surface area contributed by atoms with Gasteiger partial charge in [-0.15, -0.1) is 0 Å². The number of piperazine rings is 1. The minimum Gasteiger partial charge on any atom is -0.339 e. The minimum atomic E-state index is -3.22. The van der Waals surface area contributed by atoms with Crippen molar-refractivity contribution in [3.63, 3.8) is 0 Å². The van der Waals surface area contributed by atoms with Crippen molar-refractivity contribution in [2.24, 2.45) is 5.73 Å². The highest BCUT2D eigenvalue weighted by atomic mass is 32.2. The van der Waals surface area contributed by atoms with Crippen LogP contribution in [0.3, 0.4) is 0 Å². The summed E-state index contributed by atoms with van der Waals surface area (Å²) in [7, 11) is -3.22. The number of rotatable bonds is 5. The van der Waals surface area contributed by atoms with E-state index in [-0.39, 0.29) is 11.7 Å². The van der Waals surface area contributed by atoms with Crippen molar-refractivity contribution in [3.8, 4) is 0 Å². The quantitative estimate of drug-likeness (QED) is 0.712. The van der Waals surface area contributed by atoms with Crippen molar-refractivity contribution in [3.05, 3.63) is 0 Å². The molecule has 2 heterocycles. The molecule has 0 radical (unpaired) electrons. The second-order valence-corrected chi connectivity index (χ2v) is 8.32. The van der Waals surface area contributed by atoms with Gasteiger partial charge in [-0.1, -0.05) is 6.42 Å². The van der Waals surface area contributed by atoms with Crippen molar-refractivity contribution >= 4 is 15.7 Å². The molecular formula is C14H27N3O3S. The van der Waals surface area contributed by atoms with E-state index in [1.165, 1.54) is 0 Å². The zero-order valence-electron chi connectivity index (χ0n) is 12.7. The van der Waals surface area contributed by atoms with Crippen LogP contribution in [-0.2, 0) is 14.6 Å². The first-order valence-corrected chi connectivity index (χ1v) is 9.69. The van der Waals surface area contributed by atoms with Gasteiger partial charge in [0.05, 0.1) is 5.75 Å². The number of sulfone groups is 1. The molecule has 2 aliphatic heterocycles. The number of carbonyl (C=O) groups is 1. The Morgan fingerprint density at radius 1 is 1.10 bits per heavy atom. The van der Waals surface area contributed by atoms with Gasteiger partial charge in [-0.3, -0.25) is 9.69 Å². The highest BCUT2D eigenvalue weighted by Crippen LogP contribution is 2.22. The first kappa shape index (κ1) is 16.7. The molecule has 2 fully saturated rings. The summed E-state index contributed by atoms with van der Waals surface area (Å²) in [5.74, 6) is -0.000977. The lowest BCUT2D eigenvalue weighted by Crippen LogP contribution is -2.53. The van der Waals surface area contributed by atoms with Crippen LogP contribution in [0.5, 0.6) is 0 Å². The van der Waals surface area contributed by atoms with E-state index in [1.54, 1.807) is 4.90 Å². The summed E-state index contributed by atoms with van der Waals surface area (Å²) >= 11 is 0. The highest BCUT2D eigenvalue weighted by Gasteiger charge is 2.38. The van der Waals surface area contributed by atoms with Crippen LogP contribution >= 0.6 is 0 Å². The van der Waals surface area contributed by atoms with Gasteiger partial charge < -0.3 is 10.6 Å². The summed E-state index contributed by atoms with van der Waals surface area (Å²) in [6.45, 7) is 4.70. The summed E-state index contributed by atoms with van der Waals surface area (Å²) in [5.41, 5.74) is 5.49. The zero-order valence-corrected chi connectivity index (χ0v) is 13.5. The molecule has 6 nitrogen and oxygen atoms in total. The third-order valence-electron chi connectivity index (χ3n) is 4.47. The molecule has 0 aromatic heterocycles. The second-order valence-electron chi connectivity index (χ2n) is 6.01. The number of nitrogens with two attached hydrogens (primary N) is 1. The third-order valence-corrected chi connectivity index (χ3v) is 6.63. The molecule has 1 amide bonds. The lowest BCUT2D eigenvalue weighted by molar-refractivity contribution is -0.132. The summed E-state index contributed by atoms with van der Waals surface area (Å²) in [5, 5.41) is -0.782. The fourth-order valence-electron chi connectivity index (χ4n) is 3.11. The molecule has 0 aromatic carbocycles. The molecule has 2 rings (SSSR count). The Kier molecular flexibility index (Phi) is 6.01. The molecule has 1 unspecified atom stereocenters. The van der Waals surface area contributed by atoms with Gasteiger partial charge in [0.2, 0.25) is 5.91 Å². The lowest BCUT2D eigenvalue weighted by atomic mass is 10.1. The van der Waals surface area contributed by atoms with Crippen molar-refractivity contribution in [2.75, 3.05) is 45.0 Å². The van der Waals surface area contributed by atoms with Crippen LogP contribution in [0.4, 0.5) is 0 Å². The lowest BCUT2D eigenvalue weighted by Gasteiger charge is -2.37. The van der Waals surface area contributed by atoms with Crippen LogP contribution in [0.15, 0.2) is 0 Å². The van der Waals surface area contributed by atoms with Gasteiger partial charge in [-0.05, 0) is 38.8 Å². The molecule has 2 saturated heterocycles. The minimum absolute atomic E-state index is 0.169. The fraction of sp³-hybridized carbons (Fsp3) is 0.929. The van der Waals surface area contributed by atoms with Gasteiger partial charge in [0, 0.05) is 26.2 Å². The number of hydrogen-bond donors (Lipinski definition) is 1. The van der Waals surface area contributed by atoms with E-state index in [2.05, 4.69) is 4.90 Å². The van der Waals surface area contributed by atoms with E-state index in [4.69, 9.17) is 5.73 Å². The van der Waals surface area contributed by atoms with E-state index in [9.17, 15) is 13.2 Å². The van der Waals surface area contributed by atoms with E-state index in [0.717, 1.165) is 45.4 Å². The van der Waals surface area contributed by atoms with Gasteiger partial charge in [0.1, 0.15) is 5.25 Å². The van der Waals surface area contributed by atoms with Gasteiger partial charge in [-0.25, -0.2) is 8.42 Å². The predicted octanol–water partition coefficient (Wildman–Crippen LogP) is -0.163. The molecule has 2 N–H and O–H groups in total. The highest BCUT2D eigenvalue weighted by molar-refractivity contribution is 7.92. The van der Waals surface area contributed by atoms with Crippen molar-refractivity contribution in [2.45, 2.75) is 37.4 Å². The number of hydrogen-bond acceptors (Lipinski definition) is 5. The van der Waals surface area contributed by atoms with Crippen LogP contribution in [0, 0.1) is 0 Å². The Morgan fingerprint density at radius 3 is 2.43 bits per heavy atom. The molecule has 122 valence electrons. The standard InChI is InChI=1S/C14H27N3O3S/c15-6-2-3-7-16-8-10-17(11-9-16)14(18)13-5-1-4-12-21(13,19)20/h13H,1-12,15H2. The number of nitrogens with zero attached hydrogens (tertiary/aromatic N) is 2. The normalized spacial score (nSPS) is 26.7. The Morgan fingerprint density at radius 2 is 1.81 bits per heavy atom. The maximum absolute atomic E-state index is 12.4. The molecule has 0 spiro atoms. The first-order chi connectivity index (χ1) is 10.0. The summed E-state index contributed by atoms with van der Waals surface area (Å²) in [6.07, 6.45) is 4.15. The maximum Gasteiger partial charge on any atom is 0.240 e. The fourth-order valence-corrected chi connectivity index (χ4v) is 4.98. The van der Waals surface area contributed by atoms with Crippen LogP contribution in [0.1, 0.15) is 32.1 Å². The van der Waals surface area contributed by atoms with Gasteiger partial charge >= 0.3 is 0 Å². The van der Waals surface area contributed by atoms with E-state index >= 15 is 0 Å². The maximum atomic E-state index is 12.4. The number of unbranched alkanes of at least 4 members (excludes halogenated alkanes) is 1. The largest absolute Gasteiger partial charge is 0.339 e. The molecule has 1 atom stereocenters. The molecular weight excluding hydrogens is 290 g/mol. The second kappa shape index (κ2) is 7.56. The zero-order chi connectivity index (χ0) is 15.3. The average molecular weight is 317 g/mol. The smallest absolute Gasteiger partial charge is 0.240 e. The van der Waals surface area contributed by atoms with Crippen LogP contribution in [-0.4, -0.2) is 74.4 Å². The molecule has 0 aromatic rings. The molecule has 0 bridgehead atoms. The number of amides is 1. The Hall–Kier alpha value is -0.660. The molecule has 0 saturated carbocycles. The Balaban J connectivity index is 1.83. The Bertz CT molecular complexity index is 444. The van der Waals surface area contributed by atoms with E-state index < -0.39 is 15.1 Å². The van der Waals surface area contributed by atoms with Crippen LogP contribution in [0.25, 0.3) is 0 Å². The monoisotopic (exact) mass is 317 g/mol. The summed E-state index contributed by atoms with van der Waals surface area (Å²) in [6, 6.07) is 0. The van der Waals surface area contributed by atoms with Gasteiger partial charge in [-0.2, -0.15) is 0 Å². The van der Waals surface area contributed by atoms with E-state index in [0.29, 0.717) is 25.9 Å². The Labute approximate surface area is 127 Å². The third kappa shape index (κ3) is 4.40. The molecule has 0 aliphatic carbocycles. The molecule has 7 heteroatoms. The summed E-state index contributed by atoms with van der Waals surface area (Å²) < 4.78 is 24.1. The topological polar surface area (TPSA) is 83.7 Å². The van der Waals surface area contributed by atoms with Crippen LogP contribution in [0.2, 0.25) is 0 Å². The first-order valence-electron chi connectivity index (χ1n) is 7.97. The number of carbonyl (C=O) groups excluding carboxylic acids is 1. The summed E-state index contributed by atoms with van der Waals surface area (Å²) in [4.78, 5) is 16.5. The van der Waals surface area contributed by atoms with Crippen molar-refractivity contribution in [1.82, 2.24) is 9.80 Å². The average Bonchev–Trinajstić information content (AvgIpc) is 2.47. The van der Waals surface area contributed by atoms with Crippen molar-refractivity contribution in [1.29, 1.82) is 0 Å². The SMILES string of the molecule is NCCCCN1CCN(C(=O)C2CCCCS2(=O)=O)CC1. The predicted molar refractivity (Wildman–Crippen MR) is 82.7 cm³/mol. The van der Waals surface area contributed by atoms with E-state index in [1.807, 2.05) is 0 Å². The molecule has 2 aliphatic rings. The van der Waals surface area contributed by atoms with Crippen LogP contribution < -0.4 is 5.73 Å².